The molecule has 0 bridgehead atoms. The maximum absolute atomic E-state index is 10.8. The first kappa shape index (κ1) is 7.91. The molecule has 0 saturated carbocycles. The third-order valence-corrected chi connectivity index (χ3v) is 2.05. The normalized spacial score (nSPS) is 24.7. The van der Waals surface area contributed by atoms with Crippen molar-refractivity contribution in [3.05, 3.63) is 23.8 Å². The summed E-state index contributed by atoms with van der Waals surface area (Å²) in [6.07, 6.45) is 7.13. The Morgan fingerprint density at radius 3 is 3.15 bits per heavy atom. The molecule has 1 N–H and O–H groups in total. The SMILES string of the molecule is C[N+]1=CC2C=CC=C(C(=O)O)C2=N1. The fourth-order valence-electron chi connectivity index (χ4n) is 1.48. The summed E-state index contributed by atoms with van der Waals surface area (Å²) in [6.45, 7) is 0. The van der Waals surface area contributed by atoms with Crippen molar-refractivity contribution in [2.24, 2.45) is 11.0 Å². The molecule has 1 aliphatic carbocycles. The highest BCUT2D eigenvalue weighted by molar-refractivity contribution is 6.25. The fourth-order valence-corrected chi connectivity index (χ4v) is 1.48. The Hall–Kier alpha value is -1.71. The van der Waals surface area contributed by atoms with E-state index in [0.717, 1.165) is 0 Å². The molecule has 0 spiro atoms. The van der Waals surface area contributed by atoms with Crippen LogP contribution in [0.15, 0.2) is 28.9 Å². The van der Waals surface area contributed by atoms with Crippen LogP contribution in [-0.2, 0) is 4.79 Å². The molecule has 4 nitrogen and oxygen atoms in total. The molecule has 4 heteroatoms. The Morgan fingerprint density at radius 1 is 1.69 bits per heavy atom. The molecule has 0 amide bonds. The smallest absolute Gasteiger partial charge is 0.337 e. The van der Waals surface area contributed by atoms with Gasteiger partial charge in [-0.2, -0.15) is 0 Å². The summed E-state index contributed by atoms with van der Waals surface area (Å²) < 4.78 is 1.65. The van der Waals surface area contributed by atoms with E-state index in [-0.39, 0.29) is 11.5 Å². The second-order valence-electron chi connectivity index (χ2n) is 3.00. The number of hydrogen-bond donors (Lipinski definition) is 1. The minimum Gasteiger partial charge on any atom is -0.478 e. The highest BCUT2D eigenvalue weighted by Crippen LogP contribution is 2.18. The van der Waals surface area contributed by atoms with E-state index >= 15 is 0 Å². The lowest BCUT2D eigenvalue weighted by molar-refractivity contribution is -0.495. The number of hydrazone groups is 1. The van der Waals surface area contributed by atoms with Crippen molar-refractivity contribution in [3.63, 3.8) is 0 Å². The molecule has 0 radical (unpaired) electrons. The lowest BCUT2D eigenvalue weighted by atomic mass is 9.93. The van der Waals surface area contributed by atoms with Crippen molar-refractivity contribution < 1.29 is 14.6 Å². The monoisotopic (exact) mass is 177 g/mol. The number of rotatable bonds is 1. The first-order valence-electron chi connectivity index (χ1n) is 3.97. The van der Waals surface area contributed by atoms with Crippen LogP contribution in [0.1, 0.15) is 0 Å². The van der Waals surface area contributed by atoms with Crippen LogP contribution in [0, 0.1) is 5.92 Å². The van der Waals surface area contributed by atoms with Crippen molar-refractivity contribution in [2.75, 3.05) is 7.05 Å². The van der Waals surface area contributed by atoms with E-state index < -0.39 is 5.97 Å². The van der Waals surface area contributed by atoms with Crippen LogP contribution in [0.4, 0.5) is 0 Å². The second-order valence-corrected chi connectivity index (χ2v) is 3.00. The molecule has 1 heterocycles. The van der Waals surface area contributed by atoms with Crippen LogP contribution < -0.4 is 0 Å². The van der Waals surface area contributed by atoms with Crippen molar-refractivity contribution in [1.29, 1.82) is 0 Å². The molecular formula is C9H9N2O2+. The van der Waals surface area contributed by atoms with Gasteiger partial charge >= 0.3 is 5.97 Å². The van der Waals surface area contributed by atoms with Gasteiger partial charge in [0.15, 0.2) is 13.3 Å². The standard InChI is InChI=1S/C9H8N2O2/c1-11-5-6-3-2-4-7(9(12)13)8(6)10-11/h2-6H,1H3/p+1. The predicted molar refractivity (Wildman–Crippen MR) is 48.0 cm³/mol. The minimum atomic E-state index is -0.920. The van der Waals surface area contributed by atoms with Crippen molar-refractivity contribution in [1.82, 2.24) is 0 Å². The maximum atomic E-state index is 10.8. The van der Waals surface area contributed by atoms with Crippen LogP contribution in [0.25, 0.3) is 0 Å². The van der Waals surface area contributed by atoms with Gasteiger partial charge in [-0.3, -0.25) is 0 Å². The predicted octanol–water partition coefficient (Wildman–Crippen LogP) is 0.266. The van der Waals surface area contributed by atoms with Gasteiger partial charge in [0.2, 0.25) is 0 Å². The van der Waals surface area contributed by atoms with E-state index in [1.165, 1.54) is 0 Å². The molecule has 0 fully saturated rings. The zero-order valence-electron chi connectivity index (χ0n) is 7.14. The third-order valence-electron chi connectivity index (χ3n) is 2.05. The molecule has 0 aromatic carbocycles. The van der Waals surface area contributed by atoms with Crippen LogP contribution >= 0.6 is 0 Å². The minimum absolute atomic E-state index is 0.0288. The first-order chi connectivity index (χ1) is 6.18. The lowest BCUT2D eigenvalue weighted by Crippen LogP contribution is -2.20. The Morgan fingerprint density at radius 2 is 2.46 bits per heavy atom. The summed E-state index contributed by atoms with van der Waals surface area (Å²) in [5.41, 5.74) is 0.908. The van der Waals surface area contributed by atoms with E-state index in [0.29, 0.717) is 5.71 Å². The van der Waals surface area contributed by atoms with E-state index in [4.69, 9.17) is 5.11 Å². The number of aliphatic carboxylic acids is 1. The van der Waals surface area contributed by atoms with E-state index in [1.54, 1.807) is 23.9 Å². The average molecular weight is 177 g/mol. The van der Waals surface area contributed by atoms with Gasteiger partial charge in [0.1, 0.15) is 11.6 Å². The number of carboxylic acid groups (broad SMARTS) is 1. The molecule has 2 aliphatic rings. The highest BCUT2D eigenvalue weighted by Gasteiger charge is 2.31. The Kier molecular flexibility index (Phi) is 1.62. The highest BCUT2D eigenvalue weighted by atomic mass is 16.4. The molecular weight excluding hydrogens is 168 g/mol. The molecule has 13 heavy (non-hydrogen) atoms. The summed E-state index contributed by atoms with van der Waals surface area (Å²) in [7, 11) is 1.79. The van der Waals surface area contributed by atoms with Gasteiger partial charge in [0, 0.05) is 0 Å². The number of allylic oxidation sites excluding steroid dienone is 3. The van der Waals surface area contributed by atoms with Gasteiger partial charge in [-0.15, -0.1) is 0 Å². The number of carbonyl (C=O) groups is 1. The molecule has 1 atom stereocenters. The summed E-state index contributed by atoms with van der Waals surface area (Å²) >= 11 is 0. The van der Waals surface area contributed by atoms with Crippen molar-refractivity contribution in [2.45, 2.75) is 0 Å². The lowest BCUT2D eigenvalue weighted by Gasteiger charge is -2.06. The number of carboxylic acids is 1. The van der Waals surface area contributed by atoms with Gasteiger partial charge in [-0.05, 0) is 11.2 Å². The van der Waals surface area contributed by atoms with E-state index in [2.05, 4.69) is 5.10 Å². The molecule has 0 aromatic heterocycles. The zero-order valence-corrected chi connectivity index (χ0v) is 7.14. The van der Waals surface area contributed by atoms with Crippen LogP contribution in [0.5, 0.6) is 0 Å². The molecule has 1 aliphatic heterocycles. The summed E-state index contributed by atoms with van der Waals surface area (Å²) in [4.78, 5) is 10.8. The van der Waals surface area contributed by atoms with Gasteiger partial charge in [0.25, 0.3) is 0 Å². The molecule has 0 saturated heterocycles. The van der Waals surface area contributed by atoms with Crippen LogP contribution in [0.3, 0.4) is 0 Å². The maximum Gasteiger partial charge on any atom is 0.337 e. The molecule has 2 rings (SSSR count). The third kappa shape index (κ3) is 1.20. The van der Waals surface area contributed by atoms with E-state index in [1.807, 2.05) is 12.3 Å². The molecule has 66 valence electrons. The summed E-state index contributed by atoms with van der Waals surface area (Å²) in [5.74, 6) is -0.891. The Labute approximate surface area is 75.2 Å². The van der Waals surface area contributed by atoms with Crippen molar-refractivity contribution >= 4 is 17.9 Å². The van der Waals surface area contributed by atoms with Gasteiger partial charge < -0.3 is 5.11 Å². The molecule has 1 unspecified atom stereocenters. The number of nitrogens with zero attached hydrogens (tertiary/aromatic N) is 2. The van der Waals surface area contributed by atoms with Gasteiger partial charge in [-0.1, -0.05) is 16.8 Å². The summed E-state index contributed by atoms with van der Waals surface area (Å²) in [6, 6.07) is 0. The number of hydrogen-bond acceptors (Lipinski definition) is 2. The fraction of sp³-hybridized carbons (Fsp3) is 0.222. The quantitative estimate of drug-likeness (QED) is 0.584. The van der Waals surface area contributed by atoms with Gasteiger partial charge in [-0.25, -0.2) is 4.79 Å². The largest absolute Gasteiger partial charge is 0.478 e. The second kappa shape index (κ2) is 2.65. The zero-order chi connectivity index (χ0) is 9.42. The number of fused-ring (bicyclic) bond motifs is 1. The van der Waals surface area contributed by atoms with Crippen LogP contribution in [0.2, 0.25) is 0 Å². The van der Waals surface area contributed by atoms with Crippen LogP contribution in [-0.4, -0.2) is 34.7 Å². The Balaban J connectivity index is 2.43. The van der Waals surface area contributed by atoms with Gasteiger partial charge in [0.05, 0.1) is 5.57 Å². The Bertz CT molecular complexity index is 388. The van der Waals surface area contributed by atoms with Crippen molar-refractivity contribution in [3.8, 4) is 0 Å². The first-order valence-corrected chi connectivity index (χ1v) is 3.97. The van der Waals surface area contributed by atoms with E-state index in [9.17, 15) is 4.79 Å². The summed E-state index contributed by atoms with van der Waals surface area (Å²) in [5, 5.41) is 13.0. The topological polar surface area (TPSA) is 52.7 Å². The average Bonchev–Trinajstić information content (AvgIpc) is 2.43. The molecule has 0 aromatic rings.